The molecule has 118 valence electrons. The van der Waals surface area contributed by atoms with Gasteiger partial charge < -0.3 is 4.74 Å². The van der Waals surface area contributed by atoms with E-state index in [4.69, 9.17) is 0 Å². The number of halogens is 3. The summed E-state index contributed by atoms with van der Waals surface area (Å²) in [5.41, 5.74) is -2.74. The third-order valence-corrected chi connectivity index (χ3v) is 4.48. The number of methoxy groups -OCH3 is 1. The number of hydrogen-bond acceptors (Lipinski definition) is 3. The minimum atomic E-state index is -4.82. The Bertz CT molecular complexity index is 404. The van der Waals surface area contributed by atoms with Crippen LogP contribution in [0.3, 0.4) is 0 Å². The van der Waals surface area contributed by atoms with Gasteiger partial charge in [-0.25, -0.2) is 8.93 Å². The fourth-order valence-electron chi connectivity index (χ4n) is 1.34. The van der Waals surface area contributed by atoms with E-state index in [1.807, 2.05) is 4.72 Å². The Hall–Kier alpha value is -0.890. The number of esters is 1. The first-order valence-corrected chi connectivity index (χ1v) is 6.93. The average molecular weight is 315 g/mol. The van der Waals surface area contributed by atoms with Crippen LogP contribution in [0, 0.1) is 5.92 Å². The normalized spacial score (nSPS) is 18.8. The number of hydrogen-bond donors (Lipinski definition) is 1. The van der Waals surface area contributed by atoms with E-state index in [9.17, 15) is 22.2 Å². The van der Waals surface area contributed by atoms with Gasteiger partial charge in [-0.3, -0.25) is 4.79 Å². The van der Waals surface area contributed by atoms with Crippen molar-refractivity contribution in [2.75, 3.05) is 7.11 Å². The molecule has 8 heteroatoms. The van der Waals surface area contributed by atoms with Crippen molar-refractivity contribution in [3.05, 3.63) is 12.7 Å². The Labute approximate surface area is 119 Å². The molecule has 3 atom stereocenters. The second kappa shape index (κ2) is 6.26. The Morgan fingerprint density at radius 1 is 1.30 bits per heavy atom. The summed E-state index contributed by atoms with van der Waals surface area (Å²) >= 11 is 0. The SMILES string of the molecule is C=CC(C(=O)OC)C(C)(NS(=O)C(C)(C)C)C(F)(F)F. The summed E-state index contributed by atoms with van der Waals surface area (Å²) in [5, 5.41) is 0. The lowest BCUT2D eigenvalue weighted by Gasteiger charge is -2.38. The van der Waals surface area contributed by atoms with E-state index in [1.54, 1.807) is 0 Å². The molecular weight excluding hydrogens is 295 g/mol. The first kappa shape index (κ1) is 19.1. The van der Waals surface area contributed by atoms with Crippen LogP contribution in [-0.4, -0.2) is 33.8 Å². The predicted molar refractivity (Wildman–Crippen MR) is 71.2 cm³/mol. The smallest absolute Gasteiger partial charge is 0.408 e. The average Bonchev–Trinajstić information content (AvgIpc) is 2.26. The molecule has 20 heavy (non-hydrogen) atoms. The van der Waals surface area contributed by atoms with E-state index in [2.05, 4.69) is 11.3 Å². The van der Waals surface area contributed by atoms with Gasteiger partial charge in [-0.15, -0.1) is 6.58 Å². The van der Waals surface area contributed by atoms with Crippen LogP contribution in [0.4, 0.5) is 13.2 Å². The van der Waals surface area contributed by atoms with E-state index >= 15 is 0 Å². The minimum absolute atomic E-state index is 0.764. The maximum Gasteiger partial charge on any atom is 0.408 e. The van der Waals surface area contributed by atoms with Gasteiger partial charge in [-0.2, -0.15) is 13.2 Å². The predicted octanol–water partition coefficient (Wildman–Crippen LogP) is 2.33. The van der Waals surface area contributed by atoms with Crippen molar-refractivity contribution in [2.45, 2.75) is 44.2 Å². The zero-order valence-electron chi connectivity index (χ0n) is 12.1. The van der Waals surface area contributed by atoms with Crippen molar-refractivity contribution >= 4 is 17.0 Å². The van der Waals surface area contributed by atoms with Crippen molar-refractivity contribution in [1.29, 1.82) is 0 Å². The number of carbonyl (C=O) groups is 1. The third kappa shape index (κ3) is 4.05. The Balaban J connectivity index is 5.70. The summed E-state index contributed by atoms with van der Waals surface area (Å²) in [7, 11) is -1.04. The van der Waals surface area contributed by atoms with Gasteiger partial charge in [0.05, 0.1) is 22.8 Å². The van der Waals surface area contributed by atoms with Crippen molar-refractivity contribution < 1.29 is 26.9 Å². The lowest BCUT2D eigenvalue weighted by molar-refractivity contribution is -0.202. The molecule has 0 amide bonds. The molecule has 0 fully saturated rings. The first-order valence-electron chi connectivity index (χ1n) is 5.78. The Kier molecular flexibility index (Phi) is 5.98. The molecule has 0 spiro atoms. The van der Waals surface area contributed by atoms with E-state index < -0.39 is 39.3 Å². The van der Waals surface area contributed by atoms with Crippen LogP contribution in [0.5, 0.6) is 0 Å². The monoisotopic (exact) mass is 315 g/mol. The van der Waals surface area contributed by atoms with Crippen LogP contribution in [-0.2, 0) is 20.5 Å². The van der Waals surface area contributed by atoms with Crippen LogP contribution in [0.15, 0.2) is 12.7 Å². The molecule has 0 rings (SSSR count). The van der Waals surface area contributed by atoms with E-state index in [-0.39, 0.29) is 0 Å². The van der Waals surface area contributed by atoms with Crippen LogP contribution in [0.25, 0.3) is 0 Å². The van der Waals surface area contributed by atoms with Crippen LogP contribution in [0.1, 0.15) is 27.7 Å². The van der Waals surface area contributed by atoms with Gasteiger partial charge in [0.15, 0.2) is 0 Å². The van der Waals surface area contributed by atoms with Crippen molar-refractivity contribution in [2.24, 2.45) is 5.92 Å². The second-order valence-corrected chi connectivity index (χ2v) is 7.39. The largest absolute Gasteiger partial charge is 0.469 e. The Morgan fingerprint density at radius 3 is 2.00 bits per heavy atom. The highest BCUT2D eigenvalue weighted by Gasteiger charge is 2.59. The molecule has 0 aliphatic rings. The fraction of sp³-hybridized carbons (Fsp3) is 0.750. The summed E-state index contributed by atoms with van der Waals surface area (Å²) in [6.07, 6.45) is -3.98. The molecule has 0 aromatic rings. The van der Waals surface area contributed by atoms with Gasteiger partial charge in [0.25, 0.3) is 0 Å². The molecule has 0 radical (unpaired) electrons. The quantitative estimate of drug-likeness (QED) is 0.626. The molecule has 1 N–H and O–H groups in total. The summed E-state index contributed by atoms with van der Waals surface area (Å²) in [6.45, 7) is 8.57. The van der Waals surface area contributed by atoms with E-state index in [0.717, 1.165) is 20.1 Å². The molecule has 0 saturated carbocycles. The summed E-state index contributed by atoms with van der Waals surface area (Å²) < 4.78 is 57.4. The minimum Gasteiger partial charge on any atom is -0.469 e. The number of rotatable bonds is 5. The maximum absolute atomic E-state index is 13.3. The number of ether oxygens (including phenoxy) is 1. The summed E-state index contributed by atoms with van der Waals surface area (Å²) in [5.74, 6) is -2.81. The van der Waals surface area contributed by atoms with Crippen LogP contribution >= 0.6 is 0 Å². The van der Waals surface area contributed by atoms with Crippen molar-refractivity contribution in [1.82, 2.24) is 4.72 Å². The first-order chi connectivity index (χ1) is 8.81. The standard InChI is InChI=1S/C12H20F3NO3S/c1-7-8(9(17)19-6)11(5,12(13,14)15)16-20(18)10(2,3)4/h7-8,16H,1H2,2-6H3. The van der Waals surface area contributed by atoms with E-state index in [0.29, 0.717) is 0 Å². The van der Waals surface area contributed by atoms with Gasteiger partial charge in [0, 0.05) is 0 Å². The molecular formula is C12H20F3NO3S. The van der Waals surface area contributed by atoms with E-state index in [1.165, 1.54) is 20.8 Å². The molecule has 0 aliphatic carbocycles. The summed E-state index contributed by atoms with van der Waals surface area (Å²) in [4.78, 5) is 11.5. The highest BCUT2D eigenvalue weighted by molar-refractivity contribution is 7.84. The number of alkyl halides is 3. The fourth-order valence-corrected chi connectivity index (χ4v) is 2.27. The maximum atomic E-state index is 13.3. The molecule has 0 saturated heterocycles. The van der Waals surface area contributed by atoms with Crippen LogP contribution < -0.4 is 4.72 Å². The van der Waals surface area contributed by atoms with Gasteiger partial charge >= 0.3 is 12.1 Å². The van der Waals surface area contributed by atoms with Gasteiger partial charge in [-0.1, -0.05) is 6.08 Å². The number of nitrogens with one attached hydrogen (secondary N) is 1. The second-order valence-electron chi connectivity index (χ2n) is 5.42. The third-order valence-electron chi connectivity index (χ3n) is 2.76. The molecule has 4 nitrogen and oxygen atoms in total. The lowest BCUT2D eigenvalue weighted by Crippen LogP contribution is -2.63. The zero-order chi connectivity index (χ0) is 16.4. The van der Waals surface area contributed by atoms with Gasteiger partial charge in [-0.05, 0) is 27.7 Å². The Morgan fingerprint density at radius 2 is 1.75 bits per heavy atom. The molecule has 0 aliphatic heterocycles. The summed E-state index contributed by atoms with van der Waals surface area (Å²) in [6, 6.07) is 0. The topological polar surface area (TPSA) is 55.4 Å². The van der Waals surface area contributed by atoms with Gasteiger partial charge in [0.2, 0.25) is 0 Å². The van der Waals surface area contributed by atoms with Crippen molar-refractivity contribution in [3.63, 3.8) is 0 Å². The van der Waals surface area contributed by atoms with Gasteiger partial charge in [0.1, 0.15) is 11.5 Å². The molecule has 0 aromatic heterocycles. The molecule has 0 bridgehead atoms. The molecule has 0 aromatic carbocycles. The zero-order valence-corrected chi connectivity index (χ0v) is 12.9. The highest BCUT2D eigenvalue weighted by atomic mass is 32.2. The molecule has 0 heterocycles. The highest BCUT2D eigenvalue weighted by Crippen LogP contribution is 2.38. The lowest BCUT2D eigenvalue weighted by atomic mass is 9.86. The molecule has 3 unspecified atom stereocenters. The van der Waals surface area contributed by atoms with Crippen LogP contribution in [0.2, 0.25) is 0 Å². The number of carbonyl (C=O) groups excluding carboxylic acids is 1. The van der Waals surface area contributed by atoms with Crippen molar-refractivity contribution in [3.8, 4) is 0 Å².